The lowest BCUT2D eigenvalue weighted by Crippen LogP contribution is -2.23. The molecule has 1 fully saturated rings. The average Bonchev–Trinajstić information content (AvgIpc) is 3.13. The highest BCUT2D eigenvalue weighted by Gasteiger charge is 2.20. The zero-order valence-corrected chi connectivity index (χ0v) is 9.43. The highest BCUT2D eigenvalue weighted by Crippen LogP contribution is 2.24. The Balaban J connectivity index is 1.94. The molecule has 17 heavy (non-hydrogen) atoms. The van der Waals surface area contributed by atoms with Gasteiger partial charge < -0.3 is 11.1 Å². The largest absolute Gasteiger partial charge is 0.370 e. The van der Waals surface area contributed by atoms with Gasteiger partial charge in [0.25, 0.3) is 0 Å². The van der Waals surface area contributed by atoms with Crippen molar-refractivity contribution in [1.82, 2.24) is 4.98 Å². The quantitative estimate of drug-likeness (QED) is 0.609. The van der Waals surface area contributed by atoms with Crippen LogP contribution >= 0.6 is 0 Å². The molecule has 1 aliphatic carbocycles. The van der Waals surface area contributed by atoms with Gasteiger partial charge in [-0.15, -0.1) is 0 Å². The van der Waals surface area contributed by atoms with E-state index in [9.17, 15) is 0 Å². The molecule has 0 saturated heterocycles. The number of hydrogen-bond acceptors (Lipinski definition) is 2. The monoisotopic (exact) mass is 226 g/mol. The van der Waals surface area contributed by atoms with Crippen LogP contribution in [-0.2, 0) is 0 Å². The smallest absolute Gasteiger partial charge is 0.193 e. The van der Waals surface area contributed by atoms with E-state index in [1.54, 1.807) is 6.20 Å². The summed E-state index contributed by atoms with van der Waals surface area (Å²) in [7, 11) is 0. The van der Waals surface area contributed by atoms with E-state index in [2.05, 4.69) is 21.4 Å². The molecule has 1 heterocycles. The van der Waals surface area contributed by atoms with Gasteiger partial charge in [-0.25, -0.2) is 4.99 Å². The molecular formula is C13H14N4. The predicted molar refractivity (Wildman–Crippen MR) is 70.0 cm³/mol. The molecule has 0 unspecified atom stereocenters. The van der Waals surface area contributed by atoms with Crippen molar-refractivity contribution in [2.24, 2.45) is 10.7 Å². The zero-order chi connectivity index (χ0) is 11.7. The van der Waals surface area contributed by atoms with Crippen molar-refractivity contribution in [3.63, 3.8) is 0 Å². The zero-order valence-electron chi connectivity index (χ0n) is 9.43. The van der Waals surface area contributed by atoms with Crippen molar-refractivity contribution in [2.45, 2.75) is 18.9 Å². The minimum Gasteiger partial charge on any atom is -0.370 e. The van der Waals surface area contributed by atoms with E-state index in [0.717, 1.165) is 29.3 Å². The van der Waals surface area contributed by atoms with E-state index < -0.39 is 0 Å². The number of nitrogens with two attached hydrogens (primary N) is 1. The Kier molecular flexibility index (Phi) is 2.40. The number of hydrogen-bond donors (Lipinski definition) is 2. The molecule has 1 aliphatic rings. The minimum absolute atomic E-state index is 0.426. The van der Waals surface area contributed by atoms with Crippen LogP contribution in [0.25, 0.3) is 10.8 Å². The average molecular weight is 226 g/mol. The van der Waals surface area contributed by atoms with Crippen LogP contribution in [0.4, 0.5) is 5.69 Å². The molecule has 0 aliphatic heterocycles. The first-order valence-electron chi connectivity index (χ1n) is 5.76. The topological polar surface area (TPSA) is 63.3 Å². The van der Waals surface area contributed by atoms with E-state index in [-0.39, 0.29) is 0 Å². The van der Waals surface area contributed by atoms with E-state index in [1.165, 1.54) is 0 Å². The van der Waals surface area contributed by atoms with Crippen molar-refractivity contribution in [3.8, 4) is 0 Å². The number of nitrogens with zero attached hydrogens (tertiary/aromatic N) is 2. The van der Waals surface area contributed by atoms with Crippen molar-refractivity contribution < 1.29 is 0 Å². The third-order valence-corrected chi connectivity index (χ3v) is 2.81. The molecule has 86 valence electrons. The van der Waals surface area contributed by atoms with Gasteiger partial charge in [0, 0.05) is 17.8 Å². The van der Waals surface area contributed by atoms with Crippen molar-refractivity contribution >= 4 is 22.4 Å². The summed E-state index contributed by atoms with van der Waals surface area (Å²) in [6.07, 6.45) is 5.93. The maximum atomic E-state index is 5.86. The van der Waals surface area contributed by atoms with Crippen LogP contribution in [0.3, 0.4) is 0 Å². The first kappa shape index (κ1) is 10.1. The Morgan fingerprint density at radius 1 is 1.35 bits per heavy atom. The summed E-state index contributed by atoms with van der Waals surface area (Å²) in [5.41, 5.74) is 6.81. The van der Waals surface area contributed by atoms with Crippen molar-refractivity contribution in [2.75, 3.05) is 5.32 Å². The predicted octanol–water partition coefficient (Wildman–Crippen LogP) is 2.12. The SMILES string of the molecule is NC(=NC1CC1)Nc1cccc2ccncc12. The summed E-state index contributed by atoms with van der Waals surface area (Å²) >= 11 is 0. The first-order chi connectivity index (χ1) is 8.33. The van der Waals surface area contributed by atoms with Crippen LogP contribution in [0, 0.1) is 0 Å². The lowest BCUT2D eigenvalue weighted by Gasteiger charge is -2.08. The fraction of sp³-hybridized carbons (Fsp3) is 0.231. The highest BCUT2D eigenvalue weighted by molar-refractivity contribution is 6.02. The maximum Gasteiger partial charge on any atom is 0.193 e. The molecule has 3 rings (SSSR count). The van der Waals surface area contributed by atoms with Crippen molar-refractivity contribution in [1.29, 1.82) is 0 Å². The fourth-order valence-corrected chi connectivity index (χ4v) is 1.79. The molecule has 3 N–H and O–H groups in total. The molecular weight excluding hydrogens is 212 g/mol. The fourth-order valence-electron chi connectivity index (χ4n) is 1.79. The lowest BCUT2D eigenvalue weighted by molar-refractivity contribution is 1.06. The van der Waals surface area contributed by atoms with Gasteiger partial charge >= 0.3 is 0 Å². The Bertz CT molecular complexity index is 567. The molecule has 0 atom stereocenters. The van der Waals surface area contributed by atoms with Crippen LogP contribution in [-0.4, -0.2) is 17.0 Å². The summed E-state index contributed by atoms with van der Waals surface area (Å²) < 4.78 is 0. The Morgan fingerprint density at radius 3 is 3.06 bits per heavy atom. The van der Waals surface area contributed by atoms with Gasteiger partial charge in [-0.1, -0.05) is 12.1 Å². The van der Waals surface area contributed by atoms with E-state index in [4.69, 9.17) is 5.73 Å². The van der Waals surface area contributed by atoms with E-state index in [0.29, 0.717) is 12.0 Å². The second kappa shape index (κ2) is 4.05. The molecule has 0 spiro atoms. The molecule has 1 aromatic heterocycles. The number of aliphatic imine (C=N–C) groups is 1. The van der Waals surface area contributed by atoms with E-state index >= 15 is 0 Å². The Morgan fingerprint density at radius 2 is 2.24 bits per heavy atom. The van der Waals surface area contributed by atoms with Gasteiger partial charge in [-0.3, -0.25) is 4.98 Å². The number of aromatic nitrogens is 1. The second-order valence-electron chi connectivity index (χ2n) is 4.27. The summed E-state index contributed by atoms with van der Waals surface area (Å²) in [6.45, 7) is 0. The summed E-state index contributed by atoms with van der Waals surface area (Å²) in [5.74, 6) is 0.490. The van der Waals surface area contributed by atoms with Gasteiger partial charge in [0.1, 0.15) is 0 Å². The molecule has 1 saturated carbocycles. The van der Waals surface area contributed by atoms with Crippen molar-refractivity contribution in [3.05, 3.63) is 36.7 Å². The molecule has 1 aromatic carbocycles. The van der Waals surface area contributed by atoms with Crippen LogP contribution in [0.5, 0.6) is 0 Å². The standard InChI is InChI=1S/C13H14N4/c14-13(16-10-4-5-10)17-12-3-1-2-9-6-7-15-8-11(9)12/h1-3,6-8,10H,4-5H2,(H3,14,16,17). The molecule has 0 bridgehead atoms. The minimum atomic E-state index is 0.426. The summed E-state index contributed by atoms with van der Waals surface area (Å²) in [6, 6.07) is 8.44. The summed E-state index contributed by atoms with van der Waals surface area (Å²) in [5, 5.41) is 5.35. The van der Waals surface area contributed by atoms with Gasteiger partial charge in [0.15, 0.2) is 5.96 Å². The number of nitrogens with one attached hydrogen (secondary N) is 1. The third kappa shape index (κ3) is 2.20. The number of fused-ring (bicyclic) bond motifs is 1. The van der Waals surface area contributed by atoms with Gasteiger partial charge in [-0.05, 0) is 30.4 Å². The second-order valence-corrected chi connectivity index (χ2v) is 4.27. The van der Waals surface area contributed by atoms with Crippen LogP contribution in [0.15, 0.2) is 41.7 Å². The van der Waals surface area contributed by atoms with Gasteiger partial charge in [0.05, 0.1) is 11.7 Å². The van der Waals surface area contributed by atoms with Crippen LogP contribution < -0.4 is 11.1 Å². The Labute approximate surface area is 99.6 Å². The lowest BCUT2D eigenvalue weighted by atomic mass is 10.1. The number of anilines is 1. The molecule has 4 heteroatoms. The molecule has 4 nitrogen and oxygen atoms in total. The molecule has 0 radical (unpaired) electrons. The van der Waals surface area contributed by atoms with Gasteiger partial charge in [0.2, 0.25) is 0 Å². The van der Waals surface area contributed by atoms with Crippen LogP contribution in [0.2, 0.25) is 0 Å². The van der Waals surface area contributed by atoms with Gasteiger partial charge in [-0.2, -0.15) is 0 Å². The third-order valence-electron chi connectivity index (χ3n) is 2.81. The highest BCUT2D eigenvalue weighted by atomic mass is 15.1. The number of rotatable bonds is 2. The number of pyridine rings is 1. The normalized spacial score (nSPS) is 16.1. The maximum absolute atomic E-state index is 5.86. The first-order valence-corrected chi connectivity index (χ1v) is 5.76. The van der Waals surface area contributed by atoms with E-state index in [1.807, 2.05) is 24.4 Å². The number of guanidine groups is 1. The molecule has 0 amide bonds. The summed E-state index contributed by atoms with van der Waals surface area (Å²) in [4.78, 5) is 8.49. The Hall–Kier alpha value is -2.10. The number of benzene rings is 1. The van der Waals surface area contributed by atoms with Crippen LogP contribution in [0.1, 0.15) is 12.8 Å². The molecule has 2 aromatic rings.